The standard InChI is InChI=1S/C13H14ClN5O/c1-20-11-5-4-9(6-10(11)14)16-12-7-15-19-13(18-12)17-8-2-3-8/h4-8H,2-3H2,1H3,(H2,16,17,18,19). The Labute approximate surface area is 121 Å². The van der Waals surface area contributed by atoms with Crippen molar-refractivity contribution in [2.24, 2.45) is 0 Å². The third kappa shape index (κ3) is 3.08. The fourth-order valence-electron chi connectivity index (χ4n) is 1.73. The molecule has 0 atom stereocenters. The highest BCUT2D eigenvalue weighted by atomic mass is 35.5. The molecule has 3 rings (SSSR count). The molecule has 1 saturated carbocycles. The van der Waals surface area contributed by atoms with Gasteiger partial charge in [0, 0.05) is 11.7 Å². The maximum Gasteiger partial charge on any atom is 0.244 e. The monoisotopic (exact) mass is 291 g/mol. The fourth-order valence-corrected chi connectivity index (χ4v) is 1.98. The molecule has 20 heavy (non-hydrogen) atoms. The van der Waals surface area contributed by atoms with Crippen molar-refractivity contribution in [1.29, 1.82) is 0 Å². The van der Waals surface area contributed by atoms with Gasteiger partial charge in [-0.15, -0.1) is 5.10 Å². The van der Waals surface area contributed by atoms with E-state index in [1.54, 1.807) is 25.4 Å². The van der Waals surface area contributed by atoms with Crippen LogP contribution in [0.25, 0.3) is 0 Å². The molecule has 1 fully saturated rings. The molecule has 6 nitrogen and oxygen atoms in total. The lowest BCUT2D eigenvalue weighted by molar-refractivity contribution is 0.415. The first-order valence-corrected chi connectivity index (χ1v) is 6.69. The van der Waals surface area contributed by atoms with Crippen molar-refractivity contribution in [2.45, 2.75) is 18.9 Å². The van der Waals surface area contributed by atoms with Crippen LogP contribution in [0.5, 0.6) is 5.75 Å². The van der Waals surface area contributed by atoms with Gasteiger partial charge in [0.15, 0.2) is 5.82 Å². The van der Waals surface area contributed by atoms with Gasteiger partial charge in [0.25, 0.3) is 0 Å². The van der Waals surface area contributed by atoms with E-state index < -0.39 is 0 Å². The number of nitrogens with zero attached hydrogens (tertiary/aromatic N) is 3. The van der Waals surface area contributed by atoms with Gasteiger partial charge in [-0.3, -0.25) is 0 Å². The first-order chi connectivity index (χ1) is 9.74. The summed E-state index contributed by atoms with van der Waals surface area (Å²) in [6.07, 6.45) is 3.89. The SMILES string of the molecule is COc1ccc(Nc2cnnc(NC3CC3)n2)cc1Cl. The molecule has 1 aliphatic rings. The molecule has 7 heteroatoms. The Balaban J connectivity index is 1.74. The number of aromatic nitrogens is 3. The molecule has 1 aromatic carbocycles. The predicted molar refractivity (Wildman–Crippen MR) is 77.8 cm³/mol. The molecule has 2 aromatic rings. The van der Waals surface area contributed by atoms with Gasteiger partial charge in [0.2, 0.25) is 5.95 Å². The molecule has 1 heterocycles. The normalized spacial score (nSPS) is 13.9. The van der Waals surface area contributed by atoms with E-state index in [1.807, 2.05) is 6.07 Å². The van der Waals surface area contributed by atoms with E-state index in [0.29, 0.717) is 28.6 Å². The second-order valence-corrected chi connectivity index (χ2v) is 4.97. The van der Waals surface area contributed by atoms with Crippen LogP contribution in [0.3, 0.4) is 0 Å². The molecule has 2 N–H and O–H groups in total. The smallest absolute Gasteiger partial charge is 0.244 e. The van der Waals surface area contributed by atoms with Gasteiger partial charge >= 0.3 is 0 Å². The van der Waals surface area contributed by atoms with Gasteiger partial charge in [-0.25, -0.2) is 0 Å². The number of hydrogen-bond donors (Lipinski definition) is 2. The molecule has 1 aromatic heterocycles. The summed E-state index contributed by atoms with van der Waals surface area (Å²) in [5, 5.41) is 14.7. The van der Waals surface area contributed by atoms with Gasteiger partial charge in [-0.1, -0.05) is 11.6 Å². The number of rotatable bonds is 5. The maximum atomic E-state index is 6.08. The molecule has 0 aliphatic heterocycles. The summed E-state index contributed by atoms with van der Waals surface area (Å²) in [5.74, 6) is 1.79. The van der Waals surface area contributed by atoms with E-state index in [0.717, 1.165) is 18.5 Å². The zero-order chi connectivity index (χ0) is 13.9. The van der Waals surface area contributed by atoms with Crippen molar-refractivity contribution >= 4 is 29.1 Å². The number of ether oxygens (including phenoxy) is 1. The summed E-state index contributed by atoms with van der Waals surface area (Å²) in [6.45, 7) is 0. The van der Waals surface area contributed by atoms with Crippen LogP contribution >= 0.6 is 11.6 Å². The van der Waals surface area contributed by atoms with Crippen LogP contribution in [0.1, 0.15) is 12.8 Å². The summed E-state index contributed by atoms with van der Waals surface area (Å²) in [4.78, 5) is 4.35. The highest BCUT2D eigenvalue weighted by Crippen LogP contribution is 2.28. The first kappa shape index (κ1) is 12.9. The van der Waals surface area contributed by atoms with E-state index in [1.165, 1.54) is 0 Å². The van der Waals surface area contributed by atoms with Gasteiger partial charge < -0.3 is 15.4 Å². The van der Waals surface area contributed by atoms with Crippen molar-refractivity contribution < 1.29 is 4.74 Å². The lowest BCUT2D eigenvalue weighted by atomic mass is 10.3. The number of nitrogens with one attached hydrogen (secondary N) is 2. The zero-order valence-corrected chi connectivity index (χ0v) is 11.7. The van der Waals surface area contributed by atoms with Crippen molar-refractivity contribution in [3.8, 4) is 5.75 Å². The number of methoxy groups -OCH3 is 1. The predicted octanol–water partition coefficient (Wildman–Crippen LogP) is 2.85. The molecule has 104 valence electrons. The average Bonchev–Trinajstić information content (AvgIpc) is 3.23. The van der Waals surface area contributed by atoms with E-state index in [9.17, 15) is 0 Å². The number of benzene rings is 1. The van der Waals surface area contributed by atoms with Crippen molar-refractivity contribution in [3.05, 3.63) is 29.4 Å². The Hall–Kier alpha value is -2.08. The fraction of sp³-hybridized carbons (Fsp3) is 0.308. The van der Waals surface area contributed by atoms with Gasteiger partial charge in [0.05, 0.1) is 18.3 Å². The molecule has 1 aliphatic carbocycles. The number of halogens is 1. The maximum absolute atomic E-state index is 6.08. The molecule has 0 amide bonds. The molecular formula is C13H14ClN5O. The van der Waals surface area contributed by atoms with Gasteiger partial charge in [0.1, 0.15) is 5.75 Å². The highest BCUT2D eigenvalue weighted by molar-refractivity contribution is 6.32. The topological polar surface area (TPSA) is 72.0 Å². The minimum Gasteiger partial charge on any atom is -0.495 e. The van der Waals surface area contributed by atoms with E-state index in [-0.39, 0.29) is 0 Å². The summed E-state index contributed by atoms with van der Waals surface area (Å²) in [7, 11) is 1.58. The van der Waals surface area contributed by atoms with Crippen LogP contribution in [-0.2, 0) is 0 Å². The Morgan fingerprint density at radius 3 is 2.90 bits per heavy atom. The molecule has 0 radical (unpaired) electrons. The molecule has 0 unspecified atom stereocenters. The van der Waals surface area contributed by atoms with Gasteiger partial charge in [-0.2, -0.15) is 10.1 Å². The van der Waals surface area contributed by atoms with Crippen LogP contribution < -0.4 is 15.4 Å². The molecular weight excluding hydrogens is 278 g/mol. The summed E-state index contributed by atoms with van der Waals surface area (Å²) < 4.78 is 5.11. The first-order valence-electron chi connectivity index (χ1n) is 6.31. The Bertz CT molecular complexity index is 617. The van der Waals surface area contributed by atoms with Crippen LogP contribution in [-0.4, -0.2) is 28.3 Å². The van der Waals surface area contributed by atoms with Crippen LogP contribution in [0.4, 0.5) is 17.5 Å². The lowest BCUT2D eigenvalue weighted by Gasteiger charge is -2.09. The van der Waals surface area contributed by atoms with Crippen molar-refractivity contribution in [1.82, 2.24) is 15.2 Å². The molecule has 0 saturated heterocycles. The quantitative estimate of drug-likeness (QED) is 0.882. The minimum absolute atomic E-state index is 0.488. The Kier molecular flexibility index (Phi) is 3.56. The summed E-state index contributed by atoms with van der Waals surface area (Å²) >= 11 is 6.08. The van der Waals surface area contributed by atoms with Gasteiger partial charge in [-0.05, 0) is 31.0 Å². The van der Waals surface area contributed by atoms with Crippen LogP contribution in [0, 0.1) is 0 Å². The average molecular weight is 292 g/mol. The van der Waals surface area contributed by atoms with Crippen LogP contribution in [0.2, 0.25) is 5.02 Å². The largest absolute Gasteiger partial charge is 0.495 e. The van der Waals surface area contributed by atoms with E-state index in [4.69, 9.17) is 16.3 Å². The van der Waals surface area contributed by atoms with Crippen molar-refractivity contribution in [2.75, 3.05) is 17.7 Å². The second-order valence-electron chi connectivity index (χ2n) is 4.56. The molecule has 0 spiro atoms. The third-order valence-electron chi connectivity index (χ3n) is 2.89. The zero-order valence-electron chi connectivity index (χ0n) is 10.9. The third-order valence-corrected chi connectivity index (χ3v) is 3.19. The highest BCUT2D eigenvalue weighted by Gasteiger charge is 2.22. The van der Waals surface area contributed by atoms with E-state index >= 15 is 0 Å². The Morgan fingerprint density at radius 1 is 1.35 bits per heavy atom. The lowest BCUT2D eigenvalue weighted by Crippen LogP contribution is -2.07. The van der Waals surface area contributed by atoms with Crippen LogP contribution in [0.15, 0.2) is 24.4 Å². The Morgan fingerprint density at radius 2 is 2.20 bits per heavy atom. The van der Waals surface area contributed by atoms with Crippen molar-refractivity contribution in [3.63, 3.8) is 0 Å². The number of anilines is 3. The summed E-state index contributed by atoms with van der Waals surface area (Å²) in [5.41, 5.74) is 0.814. The van der Waals surface area contributed by atoms with E-state index in [2.05, 4.69) is 25.8 Å². The molecule has 0 bridgehead atoms. The number of hydrogen-bond acceptors (Lipinski definition) is 6. The minimum atomic E-state index is 0.488. The summed E-state index contributed by atoms with van der Waals surface area (Å²) in [6, 6.07) is 5.92. The second kappa shape index (κ2) is 5.50.